The molecule has 4 rings (SSSR count). The van der Waals surface area contributed by atoms with Crippen molar-refractivity contribution in [1.82, 2.24) is 4.90 Å². The van der Waals surface area contributed by atoms with E-state index in [1.165, 1.54) is 6.08 Å². The Morgan fingerprint density at radius 3 is 2.17 bits per heavy atom. The minimum Gasteiger partial charge on any atom is -0.457 e. The smallest absolute Gasteiger partial charge is 0.457 e. The zero-order chi connectivity index (χ0) is 25.1. The van der Waals surface area contributed by atoms with Gasteiger partial charge in [0.25, 0.3) is 0 Å². The first-order valence-corrected chi connectivity index (χ1v) is 15.4. The van der Waals surface area contributed by atoms with E-state index in [-0.39, 0.29) is 52.0 Å². The number of ether oxygens (including phenoxy) is 1. The van der Waals surface area contributed by atoms with Gasteiger partial charge >= 0.3 is 23.0 Å². The molecule has 0 bridgehead atoms. The average Bonchev–Trinajstić information content (AvgIpc) is 3.52. The summed E-state index contributed by atoms with van der Waals surface area (Å²) in [4.78, 5) is 28.2. The largest absolute Gasteiger partial charge is 2.00 e. The van der Waals surface area contributed by atoms with Crippen molar-refractivity contribution in [2.45, 2.75) is 57.3 Å². The number of rotatable bonds is 7. The molecule has 0 aromatic heterocycles. The maximum atomic E-state index is 13.1. The number of fused-ring (bicyclic) bond motifs is 1. The summed E-state index contributed by atoms with van der Waals surface area (Å²) in [7, 11) is -2.01. The molecule has 1 amide bonds. The quantitative estimate of drug-likeness (QED) is 0.186. The minimum atomic E-state index is -2.01. The van der Waals surface area contributed by atoms with Crippen molar-refractivity contribution in [3.63, 3.8) is 0 Å². The van der Waals surface area contributed by atoms with Crippen molar-refractivity contribution in [2.24, 2.45) is 5.92 Å². The van der Waals surface area contributed by atoms with Gasteiger partial charge in [-0.3, -0.25) is 9.69 Å². The number of thioether (sulfide) groups is 1. The number of β-lactam (4-membered cyclic amide) rings is 1. The molecule has 0 aromatic carbocycles. The molecule has 3 fully saturated rings. The zero-order valence-electron chi connectivity index (χ0n) is 21.3. The molecule has 3 atom stereocenters. The van der Waals surface area contributed by atoms with Crippen LogP contribution in [0.4, 0.5) is 0 Å². The van der Waals surface area contributed by atoms with Crippen LogP contribution < -0.4 is 0 Å². The summed E-state index contributed by atoms with van der Waals surface area (Å²) in [5.74, 6) is 0.102. The van der Waals surface area contributed by atoms with Crippen LogP contribution in [0.2, 0.25) is 18.1 Å². The van der Waals surface area contributed by atoms with Crippen LogP contribution in [0.15, 0.2) is 23.3 Å². The standard InChI is InChI=1S/C22H30NO4SSi.C5H5.Fe/c1-8-13-26-21(25)17-18(15-11-9-10-12-15)28-20-16(19(24)23(17)20)14(2)27-29(6,7)22(3,4)5;1-2-4-5-3-1;/h8-12,14,16,20H,1,13H2,2-7H3;1-5H;/q;;+2/t14-,16+,20-;;/m1../s1. The first-order valence-electron chi connectivity index (χ1n) is 11.6. The number of esters is 1. The second-order valence-corrected chi connectivity index (χ2v) is 15.9. The first kappa shape index (κ1) is 30.7. The fraction of sp³-hybridized carbons (Fsp3) is 0.407. The van der Waals surface area contributed by atoms with E-state index in [9.17, 15) is 9.59 Å². The van der Waals surface area contributed by atoms with Crippen LogP contribution in [0.5, 0.6) is 0 Å². The number of hydrogen-bond donors (Lipinski definition) is 0. The van der Waals surface area contributed by atoms with Gasteiger partial charge in [0.05, 0.1) is 12.0 Å². The third-order valence-electron chi connectivity index (χ3n) is 6.58. The molecular weight excluding hydrogens is 518 g/mol. The van der Waals surface area contributed by atoms with Crippen LogP contribution >= 0.6 is 11.8 Å². The van der Waals surface area contributed by atoms with Crippen LogP contribution in [0, 0.1) is 69.6 Å². The molecule has 0 N–H and O–H groups in total. The molecule has 4 aliphatic rings. The van der Waals surface area contributed by atoms with Gasteiger partial charge in [-0.25, -0.2) is 4.79 Å². The predicted molar refractivity (Wildman–Crippen MR) is 140 cm³/mol. The summed E-state index contributed by atoms with van der Waals surface area (Å²) in [6.45, 7) is 16.6. The maximum Gasteiger partial charge on any atom is 2.00 e. The normalized spacial score (nSPS) is 25.3. The van der Waals surface area contributed by atoms with Gasteiger partial charge in [0.1, 0.15) is 17.7 Å². The van der Waals surface area contributed by atoms with E-state index in [1.54, 1.807) is 16.7 Å². The van der Waals surface area contributed by atoms with Crippen molar-refractivity contribution in [3.8, 4) is 0 Å². The molecule has 0 aromatic rings. The maximum absolute atomic E-state index is 13.1. The number of carbonyl (C=O) groups excluding carboxylic acids is 2. The van der Waals surface area contributed by atoms with Crippen molar-refractivity contribution < 1.29 is 35.8 Å². The Balaban J connectivity index is 0.000000640. The molecule has 2 heterocycles. The Bertz CT molecular complexity index is 792. The zero-order valence-corrected chi connectivity index (χ0v) is 24.2. The van der Waals surface area contributed by atoms with Gasteiger partial charge in [-0.05, 0) is 82.8 Å². The predicted octanol–water partition coefficient (Wildman–Crippen LogP) is 5.29. The molecule has 2 aliphatic carbocycles. The van der Waals surface area contributed by atoms with Gasteiger partial charge in [-0.1, -0.05) is 33.4 Å². The van der Waals surface area contributed by atoms with E-state index < -0.39 is 14.3 Å². The molecule has 10 radical (unpaired) electrons. The van der Waals surface area contributed by atoms with Crippen molar-refractivity contribution >= 4 is 32.0 Å². The fourth-order valence-electron chi connectivity index (χ4n) is 3.73. The third-order valence-corrected chi connectivity index (χ3v) is 12.6. The van der Waals surface area contributed by atoms with Crippen LogP contribution in [-0.2, 0) is 35.8 Å². The molecule has 188 valence electrons. The number of amides is 1. The molecule has 2 saturated carbocycles. The minimum absolute atomic E-state index is 0. The molecule has 8 heteroatoms. The van der Waals surface area contributed by atoms with Gasteiger partial charge in [-0.2, -0.15) is 0 Å². The van der Waals surface area contributed by atoms with Crippen LogP contribution in [-0.4, -0.2) is 43.2 Å². The summed E-state index contributed by atoms with van der Waals surface area (Å²) in [5.41, 5.74) is 0.342. The van der Waals surface area contributed by atoms with Gasteiger partial charge in [0.15, 0.2) is 8.32 Å². The second-order valence-electron chi connectivity index (χ2n) is 10.0. The van der Waals surface area contributed by atoms with E-state index in [1.807, 2.05) is 64.7 Å². The Kier molecular flexibility index (Phi) is 11.2. The van der Waals surface area contributed by atoms with E-state index in [2.05, 4.69) is 40.4 Å². The monoisotopic (exact) mass is 553 g/mol. The van der Waals surface area contributed by atoms with E-state index >= 15 is 0 Å². The van der Waals surface area contributed by atoms with E-state index in [0.717, 1.165) is 10.8 Å². The summed E-state index contributed by atoms with van der Waals surface area (Å²) >= 11 is 1.56. The second kappa shape index (κ2) is 12.8. The topological polar surface area (TPSA) is 55.8 Å². The first-order chi connectivity index (χ1) is 16.0. The number of allylic oxidation sites excluding steroid dienone is 1. The Hall–Kier alpha value is -0.534. The Morgan fingerprint density at radius 1 is 1.14 bits per heavy atom. The average molecular weight is 554 g/mol. The SMILES string of the molecule is C=CCOC(=O)C1=C([C]2[CH][CH][CH][CH]2)S[C@@H]2[C@@H]([C@@H](C)O[Si](C)(C)C(C)(C)C)C(=O)N12.[CH]1[CH][CH][CH][CH]1.[Fe+2]. The van der Waals surface area contributed by atoms with Gasteiger partial charge in [0.2, 0.25) is 5.91 Å². The molecule has 5 nitrogen and oxygen atoms in total. The summed E-state index contributed by atoms with van der Waals surface area (Å²) < 4.78 is 11.8. The Morgan fingerprint density at radius 2 is 1.69 bits per heavy atom. The van der Waals surface area contributed by atoms with Crippen molar-refractivity contribution in [2.75, 3.05) is 6.61 Å². The molecule has 1 saturated heterocycles. The van der Waals surface area contributed by atoms with E-state index in [0.29, 0.717) is 5.70 Å². The molecule has 35 heavy (non-hydrogen) atoms. The molecular formula is C27H35FeNO4SSi+2. The summed E-state index contributed by atoms with van der Waals surface area (Å²) in [5, 5.41) is -0.0759. The summed E-state index contributed by atoms with van der Waals surface area (Å²) in [6.07, 6.45) is 19.1. The third kappa shape index (κ3) is 6.87. The molecule has 2 aliphatic heterocycles. The summed E-state index contributed by atoms with van der Waals surface area (Å²) in [6, 6.07) is 0. The number of carbonyl (C=O) groups is 2. The van der Waals surface area contributed by atoms with Crippen molar-refractivity contribution in [3.05, 3.63) is 87.0 Å². The van der Waals surface area contributed by atoms with Gasteiger partial charge < -0.3 is 9.16 Å². The number of hydrogen-bond acceptors (Lipinski definition) is 5. The van der Waals surface area contributed by atoms with Crippen LogP contribution in [0.1, 0.15) is 27.7 Å². The van der Waals surface area contributed by atoms with Gasteiger partial charge in [0, 0.05) is 10.8 Å². The number of nitrogens with zero attached hydrogens (tertiary/aromatic N) is 1. The van der Waals surface area contributed by atoms with Crippen molar-refractivity contribution in [1.29, 1.82) is 0 Å². The van der Waals surface area contributed by atoms with Gasteiger partial charge in [-0.15, -0.1) is 11.8 Å². The Labute approximate surface area is 228 Å². The van der Waals surface area contributed by atoms with Crippen LogP contribution in [0.25, 0.3) is 0 Å². The fourth-order valence-corrected chi connectivity index (χ4v) is 6.76. The van der Waals surface area contributed by atoms with E-state index in [4.69, 9.17) is 9.16 Å². The molecule has 0 spiro atoms. The molecule has 0 unspecified atom stereocenters. The van der Waals surface area contributed by atoms with Crippen LogP contribution in [0.3, 0.4) is 0 Å².